The third-order valence-corrected chi connectivity index (χ3v) is 3.89. The number of hydrogen-bond acceptors (Lipinski definition) is 3. The van der Waals surface area contributed by atoms with Crippen LogP contribution in [0.3, 0.4) is 0 Å². The van der Waals surface area contributed by atoms with E-state index in [9.17, 15) is 8.78 Å². The lowest BCUT2D eigenvalue weighted by Crippen LogP contribution is -2.37. The highest BCUT2D eigenvalue weighted by Crippen LogP contribution is 2.42. The molecule has 1 atom stereocenters. The Kier molecular flexibility index (Phi) is 4.37. The van der Waals surface area contributed by atoms with E-state index in [1.807, 2.05) is 24.3 Å². The highest BCUT2D eigenvalue weighted by molar-refractivity contribution is 5.36. The first-order valence-corrected chi connectivity index (χ1v) is 6.54. The van der Waals surface area contributed by atoms with Gasteiger partial charge in [0.15, 0.2) is 0 Å². The van der Waals surface area contributed by atoms with Crippen molar-refractivity contribution in [2.45, 2.75) is 37.6 Å². The van der Waals surface area contributed by atoms with Crippen LogP contribution in [0.5, 0.6) is 5.75 Å². The number of halogens is 2. The average Bonchev–Trinajstić information content (AvgIpc) is 2.42. The van der Waals surface area contributed by atoms with Gasteiger partial charge in [-0.25, -0.2) is 8.78 Å². The highest BCUT2D eigenvalue weighted by Gasteiger charge is 2.38. The molecule has 0 aliphatic heterocycles. The minimum atomic E-state index is -2.52. The van der Waals surface area contributed by atoms with Crippen LogP contribution in [-0.2, 0) is 0 Å². The van der Waals surface area contributed by atoms with E-state index in [2.05, 4.69) is 5.43 Å². The summed E-state index contributed by atoms with van der Waals surface area (Å²) < 4.78 is 31.7. The molecule has 1 fully saturated rings. The zero-order valence-electron chi connectivity index (χ0n) is 11.0. The molecule has 0 bridgehead atoms. The van der Waals surface area contributed by atoms with Gasteiger partial charge in [0.1, 0.15) is 5.75 Å². The van der Waals surface area contributed by atoms with Gasteiger partial charge in [-0.15, -0.1) is 0 Å². The number of nitrogens with two attached hydrogens (primary N) is 1. The Morgan fingerprint density at radius 2 is 1.95 bits per heavy atom. The Morgan fingerprint density at radius 3 is 2.53 bits per heavy atom. The molecular weight excluding hydrogens is 250 g/mol. The summed E-state index contributed by atoms with van der Waals surface area (Å²) in [6, 6.07) is 7.42. The molecule has 106 valence electrons. The van der Waals surface area contributed by atoms with Gasteiger partial charge in [0, 0.05) is 18.4 Å². The normalized spacial score (nSPS) is 21.1. The van der Waals surface area contributed by atoms with Gasteiger partial charge in [0.2, 0.25) is 5.92 Å². The van der Waals surface area contributed by atoms with Crippen molar-refractivity contribution in [1.82, 2.24) is 5.43 Å². The molecule has 1 aliphatic carbocycles. The van der Waals surface area contributed by atoms with Gasteiger partial charge in [-0.05, 0) is 24.8 Å². The topological polar surface area (TPSA) is 47.3 Å². The predicted molar refractivity (Wildman–Crippen MR) is 70.0 cm³/mol. The van der Waals surface area contributed by atoms with Crippen molar-refractivity contribution < 1.29 is 13.5 Å². The molecule has 1 aromatic rings. The highest BCUT2D eigenvalue weighted by atomic mass is 19.3. The second-order valence-corrected chi connectivity index (χ2v) is 5.08. The second-order valence-electron chi connectivity index (χ2n) is 5.08. The van der Waals surface area contributed by atoms with Crippen molar-refractivity contribution in [2.24, 2.45) is 11.8 Å². The first-order chi connectivity index (χ1) is 9.07. The molecule has 0 radical (unpaired) electrons. The van der Waals surface area contributed by atoms with Crippen molar-refractivity contribution >= 4 is 0 Å². The fraction of sp³-hybridized carbons (Fsp3) is 0.571. The van der Waals surface area contributed by atoms with Crippen LogP contribution in [0.1, 0.15) is 37.3 Å². The first-order valence-electron chi connectivity index (χ1n) is 6.54. The van der Waals surface area contributed by atoms with E-state index in [4.69, 9.17) is 10.6 Å². The number of para-hydroxylation sites is 1. The van der Waals surface area contributed by atoms with Gasteiger partial charge in [0.05, 0.1) is 13.2 Å². The van der Waals surface area contributed by atoms with Gasteiger partial charge in [-0.1, -0.05) is 18.2 Å². The van der Waals surface area contributed by atoms with Crippen LogP contribution < -0.4 is 16.0 Å². The fourth-order valence-corrected chi connectivity index (χ4v) is 2.80. The largest absolute Gasteiger partial charge is 0.496 e. The number of alkyl halides is 2. The number of methoxy groups -OCH3 is 1. The van der Waals surface area contributed by atoms with E-state index < -0.39 is 5.92 Å². The molecule has 1 aromatic carbocycles. The van der Waals surface area contributed by atoms with Crippen LogP contribution in [0.4, 0.5) is 8.78 Å². The quantitative estimate of drug-likeness (QED) is 0.653. The maximum absolute atomic E-state index is 13.2. The molecule has 5 heteroatoms. The molecule has 0 saturated heterocycles. The summed E-state index contributed by atoms with van der Waals surface area (Å²) in [5.41, 5.74) is 3.70. The molecule has 1 unspecified atom stereocenters. The third-order valence-electron chi connectivity index (χ3n) is 3.89. The van der Waals surface area contributed by atoms with E-state index in [1.54, 1.807) is 7.11 Å². The van der Waals surface area contributed by atoms with Crippen LogP contribution in [0.2, 0.25) is 0 Å². The maximum atomic E-state index is 13.2. The summed E-state index contributed by atoms with van der Waals surface area (Å²) >= 11 is 0. The van der Waals surface area contributed by atoms with E-state index >= 15 is 0 Å². The SMILES string of the molecule is COc1ccccc1C(NN)C1CCC(F)(F)CC1. The minimum absolute atomic E-state index is 0.0645. The maximum Gasteiger partial charge on any atom is 0.248 e. The molecule has 0 aromatic heterocycles. The molecule has 0 heterocycles. The van der Waals surface area contributed by atoms with Gasteiger partial charge in [-0.2, -0.15) is 0 Å². The number of rotatable bonds is 4. The summed E-state index contributed by atoms with van der Waals surface area (Å²) in [6.45, 7) is 0. The van der Waals surface area contributed by atoms with Crippen molar-refractivity contribution in [3.05, 3.63) is 29.8 Å². The van der Waals surface area contributed by atoms with Gasteiger partial charge >= 0.3 is 0 Å². The molecule has 3 nitrogen and oxygen atoms in total. The molecule has 3 N–H and O–H groups in total. The molecule has 1 saturated carbocycles. The zero-order valence-corrected chi connectivity index (χ0v) is 11.0. The summed E-state index contributed by atoms with van der Waals surface area (Å²) in [7, 11) is 1.60. The van der Waals surface area contributed by atoms with Gasteiger partial charge in [-0.3, -0.25) is 11.3 Å². The number of ether oxygens (including phenoxy) is 1. The third kappa shape index (κ3) is 3.22. The summed E-state index contributed by atoms with van der Waals surface area (Å²) in [4.78, 5) is 0. The lowest BCUT2D eigenvalue weighted by molar-refractivity contribution is -0.0498. The molecular formula is C14H20F2N2O. The van der Waals surface area contributed by atoms with E-state index in [1.165, 1.54) is 0 Å². The van der Waals surface area contributed by atoms with Crippen LogP contribution in [-0.4, -0.2) is 13.0 Å². The number of hydrazine groups is 1. The number of benzene rings is 1. The smallest absolute Gasteiger partial charge is 0.248 e. The fourth-order valence-electron chi connectivity index (χ4n) is 2.80. The lowest BCUT2D eigenvalue weighted by atomic mass is 9.79. The monoisotopic (exact) mass is 270 g/mol. The number of hydrogen-bond donors (Lipinski definition) is 2. The van der Waals surface area contributed by atoms with Crippen molar-refractivity contribution in [3.8, 4) is 5.75 Å². The van der Waals surface area contributed by atoms with Crippen molar-refractivity contribution in [1.29, 1.82) is 0 Å². The number of nitrogens with one attached hydrogen (secondary N) is 1. The Labute approximate surface area is 112 Å². The Morgan fingerprint density at radius 1 is 1.32 bits per heavy atom. The minimum Gasteiger partial charge on any atom is -0.496 e. The average molecular weight is 270 g/mol. The molecule has 2 rings (SSSR count). The van der Waals surface area contributed by atoms with E-state index in [0.717, 1.165) is 11.3 Å². The Hall–Kier alpha value is -1.20. The lowest BCUT2D eigenvalue weighted by Gasteiger charge is -2.34. The van der Waals surface area contributed by atoms with E-state index in [-0.39, 0.29) is 24.8 Å². The Balaban J connectivity index is 2.16. The first kappa shape index (κ1) is 14.2. The van der Waals surface area contributed by atoms with Crippen LogP contribution in [0, 0.1) is 5.92 Å². The van der Waals surface area contributed by atoms with Crippen LogP contribution in [0.15, 0.2) is 24.3 Å². The standard InChI is InChI=1S/C14H20F2N2O/c1-19-12-5-3-2-4-11(12)13(18-17)10-6-8-14(15,16)9-7-10/h2-5,10,13,18H,6-9,17H2,1H3. The zero-order chi connectivity index (χ0) is 13.9. The molecule has 0 amide bonds. The second kappa shape index (κ2) is 5.84. The van der Waals surface area contributed by atoms with Crippen molar-refractivity contribution in [2.75, 3.05) is 7.11 Å². The van der Waals surface area contributed by atoms with Crippen LogP contribution in [0.25, 0.3) is 0 Å². The van der Waals surface area contributed by atoms with Crippen LogP contribution >= 0.6 is 0 Å². The summed E-state index contributed by atoms with van der Waals surface area (Å²) in [6.07, 6.45) is 0.815. The van der Waals surface area contributed by atoms with Gasteiger partial charge < -0.3 is 4.74 Å². The summed E-state index contributed by atoms with van der Waals surface area (Å²) in [5, 5.41) is 0. The molecule has 1 aliphatic rings. The molecule has 0 spiro atoms. The van der Waals surface area contributed by atoms with Gasteiger partial charge in [0.25, 0.3) is 0 Å². The van der Waals surface area contributed by atoms with E-state index in [0.29, 0.717) is 12.8 Å². The molecule has 19 heavy (non-hydrogen) atoms. The predicted octanol–water partition coefficient (Wildman–Crippen LogP) is 3.03. The Bertz CT molecular complexity index is 416. The summed E-state index contributed by atoms with van der Waals surface area (Å²) in [5.74, 6) is 3.97. The van der Waals surface area contributed by atoms with Crippen molar-refractivity contribution in [3.63, 3.8) is 0 Å².